The van der Waals surface area contributed by atoms with Crippen molar-refractivity contribution in [2.24, 2.45) is 11.7 Å². The number of aliphatic hydroxyl groups is 3. The molecule has 1 aliphatic heterocycles. The fraction of sp³-hybridized carbons (Fsp3) is 0.630. The second kappa shape index (κ2) is 15.0. The van der Waals surface area contributed by atoms with Gasteiger partial charge in [-0.15, -0.1) is 0 Å². The van der Waals surface area contributed by atoms with Crippen molar-refractivity contribution in [2.45, 2.75) is 90.1 Å². The molecule has 7 N–H and O–H groups in total. The Morgan fingerprint density at radius 1 is 1.19 bits per heavy atom. The van der Waals surface area contributed by atoms with Crippen molar-refractivity contribution in [3.63, 3.8) is 0 Å². The van der Waals surface area contributed by atoms with Crippen LogP contribution >= 0.6 is 0 Å². The first-order valence-electron chi connectivity index (χ1n) is 12.9. The number of allylic oxidation sites excluding steroid dienone is 1. The molecule has 0 aliphatic carbocycles. The van der Waals surface area contributed by atoms with Crippen LogP contribution < -0.4 is 11.1 Å². The highest BCUT2D eigenvalue weighted by atomic mass is 19.1. The number of nitrogens with one attached hydrogen (secondary N) is 2. The zero-order valence-electron chi connectivity index (χ0n) is 22.0. The predicted molar refractivity (Wildman–Crippen MR) is 139 cm³/mol. The smallest absolute Gasteiger partial charge is 0.231 e. The van der Waals surface area contributed by atoms with Gasteiger partial charge < -0.3 is 35.8 Å². The van der Waals surface area contributed by atoms with Crippen LogP contribution in [0.3, 0.4) is 0 Å². The molecule has 5 atom stereocenters. The number of rotatable bonds is 13. The lowest BCUT2D eigenvalue weighted by Crippen LogP contribution is -2.58. The van der Waals surface area contributed by atoms with E-state index in [0.29, 0.717) is 24.2 Å². The summed E-state index contributed by atoms with van der Waals surface area (Å²) in [5.41, 5.74) is 9.03. The lowest BCUT2D eigenvalue weighted by Gasteiger charge is -2.38. The van der Waals surface area contributed by atoms with E-state index in [1.807, 2.05) is 38.1 Å². The Kier molecular flexibility index (Phi) is 12.5. The molecule has 0 bridgehead atoms. The largest absolute Gasteiger partial charge is 0.445 e. The molecule has 1 aromatic carbocycles. The molecule has 0 aromatic heterocycles. The maximum atomic E-state index is 14.0. The number of halogens is 1. The number of unbranched alkanes of at least 4 members (excludes halogenated alkanes) is 1. The average molecular weight is 524 g/mol. The Morgan fingerprint density at radius 2 is 1.84 bits per heavy atom. The third-order valence-electron chi connectivity index (χ3n) is 6.40. The first-order valence-corrected chi connectivity index (χ1v) is 12.9. The Balaban J connectivity index is 2.03. The molecule has 10 heteroatoms. The van der Waals surface area contributed by atoms with Crippen LogP contribution in [-0.2, 0) is 27.1 Å². The highest BCUT2D eigenvalue weighted by Crippen LogP contribution is 2.26. The number of carbonyl (C=O) groups excluding carboxylic acids is 1. The summed E-state index contributed by atoms with van der Waals surface area (Å²) >= 11 is 0. The van der Waals surface area contributed by atoms with Crippen molar-refractivity contribution in [2.75, 3.05) is 13.2 Å². The third kappa shape index (κ3) is 9.07. The van der Waals surface area contributed by atoms with Gasteiger partial charge in [0.05, 0.1) is 6.61 Å². The Hall–Kier alpha value is -2.53. The molecule has 2 rings (SSSR count). The zero-order chi connectivity index (χ0) is 27.5. The Morgan fingerprint density at radius 3 is 2.43 bits per heavy atom. The van der Waals surface area contributed by atoms with Gasteiger partial charge in [0.25, 0.3) is 0 Å². The van der Waals surface area contributed by atoms with Crippen LogP contribution in [0, 0.1) is 11.3 Å². The zero-order valence-corrected chi connectivity index (χ0v) is 22.0. The van der Waals surface area contributed by atoms with Gasteiger partial charge in [0.2, 0.25) is 18.1 Å². The lowest BCUT2D eigenvalue weighted by molar-refractivity contribution is -0.269. The predicted octanol–water partition coefficient (Wildman–Crippen LogP) is 2.11. The van der Waals surface area contributed by atoms with Crippen LogP contribution in [0.4, 0.5) is 4.39 Å². The van der Waals surface area contributed by atoms with Crippen molar-refractivity contribution in [1.29, 1.82) is 5.41 Å². The van der Waals surface area contributed by atoms with E-state index < -0.39 is 37.4 Å². The van der Waals surface area contributed by atoms with E-state index in [0.717, 1.165) is 36.8 Å². The summed E-state index contributed by atoms with van der Waals surface area (Å²) in [4.78, 5) is 11.9. The molecule has 1 heterocycles. The summed E-state index contributed by atoms with van der Waals surface area (Å²) in [6.45, 7) is 5.82. The van der Waals surface area contributed by atoms with Gasteiger partial charge in [0, 0.05) is 30.7 Å². The molecule has 37 heavy (non-hydrogen) atoms. The Labute approximate surface area is 218 Å². The minimum atomic E-state index is -1.99. The van der Waals surface area contributed by atoms with Gasteiger partial charge in [0.15, 0.2) is 6.17 Å². The summed E-state index contributed by atoms with van der Waals surface area (Å²) in [5.74, 6) is -0.408. The number of aryl methyl sites for hydroxylation is 1. The third-order valence-corrected chi connectivity index (χ3v) is 6.40. The number of ether oxygens (including phenoxy) is 2. The van der Waals surface area contributed by atoms with Crippen molar-refractivity contribution in [3.05, 3.63) is 46.7 Å². The first-order chi connectivity index (χ1) is 17.6. The molecule has 0 spiro atoms. The fourth-order valence-corrected chi connectivity index (χ4v) is 3.96. The van der Waals surface area contributed by atoms with Crippen molar-refractivity contribution in [1.82, 2.24) is 5.32 Å². The van der Waals surface area contributed by atoms with Crippen LogP contribution in [0.5, 0.6) is 0 Å². The Bertz CT molecular complexity index is 906. The molecule has 9 nitrogen and oxygen atoms in total. The number of nitrogens with two attached hydrogens (primary N) is 1. The molecule has 1 aromatic rings. The molecular formula is C27H42FN3O6. The number of hydrogen-bond acceptors (Lipinski definition) is 8. The van der Waals surface area contributed by atoms with Gasteiger partial charge >= 0.3 is 0 Å². The highest BCUT2D eigenvalue weighted by molar-refractivity contribution is 5.92. The topological polar surface area (TPSA) is 158 Å². The average Bonchev–Trinajstić information content (AvgIpc) is 2.88. The summed E-state index contributed by atoms with van der Waals surface area (Å²) in [5, 5.41) is 40.9. The number of amides is 1. The molecule has 0 radical (unpaired) electrons. The van der Waals surface area contributed by atoms with Crippen LogP contribution in [0.15, 0.2) is 35.5 Å². The maximum Gasteiger partial charge on any atom is 0.231 e. The number of benzene rings is 1. The normalized spacial score (nSPS) is 24.5. The molecule has 1 saturated heterocycles. The van der Waals surface area contributed by atoms with Gasteiger partial charge in [-0.25, -0.2) is 4.39 Å². The van der Waals surface area contributed by atoms with Crippen molar-refractivity contribution < 1.29 is 34.0 Å². The first kappa shape index (κ1) is 30.7. The molecular weight excluding hydrogens is 481 g/mol. The summed E-state index contributed by atoms with van der Waals surface area (Å²) in [6.07, 6.45) is -4.22. The molecule has 1 aliphatic rings. The maximum absolute atomic E-state index is 14.0. The van der Waals surface area contributed by atoms with Gasteiger partial charge in [0.1, 0.15) is 18.3 Å². The minimum absolute atomic E-state index is 0.0643. The number of hydrogen-bond donors (Lipinski definition) is 6. The van der Waals surface area contributed by atoms with E-state index in [4.69, 9.17) is 20.6 Å². The van der Waals surface area contributed by atoms with E-state index in [2.05, 4.69) is 12.2 Å². The minimum Gasteiger partial charge on any atom is -0.445 e. The molecule has 1 fully saturated rings. The standard InChI is InChI=1S/C27H42FN3O6/c1-4-5-13-31-21(33)8-6-7-17-9-11-18(12-10-17)14-19(23(29)16(2)3)26(30)37-27-25(35)24(34)22(28)20(15-32)36-27/h9-12,16,20,22,24-25,27,30,32,34-35H,4-8,13-15,29H2,1-3H3,(H,31,33)/b23-19-,30-26?. The summed E-state index contributed by atoms with van der Waals surface area (Å²) < 4.78 is 24.8. The van der Waals surface area contributed by atoms with E-state index >= 15 is 0 Å². The van der Waals surface area contributed by atoms with Gasteiger partial charge in [-0.2, -0.15) is 0 Å². The van der Waals surface area contributed by atoms with Crippen LogP contribution in [-0.4, -0.2) is 71.0 Å². The van der Waals surface area contributed by atoms with Crippen LogP contribution in [0.25, 0.3) is 0 Å². The number of carbonyl (C=O) groups is 1. The van der Waals surface area contributed by atoms with E-state index in [-0.39, 0.29) is 24.1 Å². The van der Waals surface area contributed by atoms with E-state index in [1.165, 1.54) is 0 Å². The SMILES string of the molecule is CCCCNC(=O)CCCc1ccc(C/C(C(=N)OC2OC(CO)C(F)C(O)C2O)=C(/N)C(C)C)cc1. The summed E-state index contributed by atoms with van der Waals surface area (Å²) in [6, 6.07) is 7.77. The molecule has 5 unspecified atom stereocenters. The van der Waals surface area contributed by atoms with E-state index in [9.17, 15) is 24.5 Å². The molecule has 0 saturated carbocycles. The highest BCUT2D eigenvalue weighted by Gasteiger charge is 2.46. The summed E-state index contributed by atoms with van der Waals surface area (Å²) in [7, 11) is 0. The van der Waals surface area contributed by atoms with Gasteiger partial charge in [-0.1, -0.05) is 51.5 Å². The molecule has 1 amide bonds. The van der Waals surface area contributed by atoms with Crippen molar-refractivity contribution in [3.8, 4) is 0 Å². The van der Waals surface area contributed by atoms with Crippen LogP contribution in [0.1, 0.15) is 57.6 Å². The second-order valence-electron chi connectivity index (χ2n) is 9.74. The molecule has 208 valence electrons. The van der Waals surface area contributed by atoms with Crippen LogP contribution in [0.2, 0.25) is 0 Å². The number of aliphatic hydroxyl groups excluding tert-OH is 3. The van der Waals surface area contributed by atoms with Crippen molar-refractivity contribution >= 4 is 11.8 Å². The lowest BCUT2D eigenvalue weighted by atomic mass is 9.96. The quantitative estimate of drug-likeness (QED) is 0.131. The monoisotopic (exact) mass is 523 g/mol. The second-order valence-corrected chi connectivity index (χ2v) is 9.74. The van der Waals surface area contributed by atoms with E-state index in [1.54, 1.807) is 0 Å². The fourth-order valence-electron chi connectivity index (χ4n) is 3.96. The van der Waals surface area contributed by atoms with Gasteiger partial charge in [-0.3, -0.25) is 10.2 Å². The number of alkyl halides is 1. The van der Waals surface area contributed by atoms with Gasteiger partial charge in [-0.05, 0) is 36.3 Å².